The van der Waals surface area contributed by atoms with Gasteiger partial charge in [0.25, 0.3) is 17.7 Å². The van der Waals surface area contributed by atoms with E-state index in [0.717, 1.165) is 16.0 Å². The smallest absolute Gasteiger partial charge is 0.306 e. The van der Waals surface area contributed by atoms with Crippen molar-refractivity contribution in [3.8, 4) is 0 Å². The number of nitrogens with zero attached hydrogens (tertiary/aromatic N) is 2. The number of amides is 3. The lowest BCUT2D eigenvalue weighted by Gasteiger charge is -2.13. The van der Waals surface area contributed by atoms with Crippen LogP contribution in [0.1, 0.15) is 44.7 Å². The summed E-state index contributed by atoms with van der Waals surface area (Å²) in [6, 6.07) is 25.4. The summed E-state index contributed by atoms with van der Waals surface area (Å²) in [4.78, 5) is 50.1. The monoisotopic (exact) mass is 469 g/mol. The second-order valence-electron chi connectivity index (χ2n) is 7.80. The third-order valence-corrected chi connectivity index (χ3v) is 5.39. The SMILES string of the molecule is O=C(COC(=O)CCCN1C(=O)c2ccccc2C1=O)NN=C(c1ccccc1)c1ccccc1. The molecule has 0 bridgehead atoms. The van der Waals surface area contributed by atoms with Crippen molar-refractivity contribution in [2.24, 2.45) is 5.10 Å². The van der Waals surface area contributed by atoms with Crippen molar-refractivity contribution in [2.45, 2.75) is 12.8 Å². The molecule has 1 heterocycles. The minimum Gasteiger partial charge on any atom is -0.455 e. The highest BCUT2D eigenvalue weighted by Gasteiger charge is 2.34. The van der Waals surface area contributed by atoms with Crippen LogP contribution in [0.3, 0.4) is 0 Å². The molecule has 176 valence electrons. The van der Waals surface area contributed by atoms with Crippen molar-refractivity contribution in [2.75, 3.05) is 13.2 Å². The number of nitrogens with one attached hydrogen (secondary N) is 1. The summed E-state index contributed by atoms with van der Waals surface area (Å²) in [5, 5.41) is 4.24. The summed E-state index contributed by atoms with van der Waals surface area (Å²) >= 11 is 0. The number of fused-ring (bicyclic) bond motifs is 1. The first kappa shape index (κ1) is 23.6. The number of hydrogen-bond donors (Lipinski definition) is 1. The van der Waals surface area contributed by atoms with Crippen LogP contribution in [0.4, 0.5) is 0 Å². The molecule has 4 rings (SSSR count). The normalized spacial score (nSPS) is 12.2. The molecule has 3 aromatic carbocycles. The van der Waals surface area contributed by atoms with Crippen molar-refractivity contribution in [1.29, 1.82) is 0 Å². The first-order valence-corrected chi connectivity index (χ1v) is 11.1. The van der Waals surface area contributed by atoms with Crippen molar-refractivity contribution in [3.05, 3.63) is 107 Å². The van der Waals surface area contributed by atoms with Gasteiger partial charge in [-0.15, -0.1) is 0 Å². The van der Waals surface area contributed by atoms with Crippen LogP contribution in [0.5, 0.6) is 0 Å². The zero-order valence-corrected chi connectivity index (χ0v) is 18.8. The number of imide groups is 1. The summed E-state index contributed by atoms with van der Waals surface area (Å²) in [7, 11) is 0. The van der Waals surface area contributed by atoms with Crippen molar-refractivity contribution < 1.29 is 23.9 Å². The van der Waals surface area contributed by atoms with Gasteiger partial charge in [-0.2, -0.15) is 5.10 Å². The van der Waals surface area contributed by atoms with Crippen LogP contribution in [-0.2, 0) is 14.3 Å². The van der Waals surface area contributed by atoms with Gasteiger partial charge in [-0.1, -0.05) is 72.8 Å². The van der Waals surface area contributed by atoms with Crippen LogP contribution in [0.25, 0.3) is 0 Å². The quantitative estimate of drug-likeness (QED) is 0.224. The van der Waals surface area contributed by atoms with Gasteiger partial charge >= 0.3 is 5.97 Å². The van der Waals surface area contributed by atoms with Gasteiger partial charge in [0, 0.05) is 24.1 Å². The molecule has 0 radical (unpaired) electrons. The van der Waals surface area contributed by atoms with E-state index in [0.29, 0.717) is 16.8 Å². The van der Waals surface area contributed by atoms with E-state index in [-0.39, 0.29) is 31.2 Å². The standard InChI is InChI=1S/C27H23N3O5/c31-23(28-29-25(19-10-3-1-4-11-19)20-12-5-2-6-13-20)18-35-24(32)16-9-17-30-26(33)21-14-7-8-15-22(21)27(30)34/h1-8,10-15H,9,16-18H2,(H,28,31). The summed E-state index contributed by atoms with van der Waals surface area (Å²) in [5.74, 6) is -1.93. The molecule has 0 saturated carbocycles. The van der Waals surface area contributed by atoms with E-state index >= 15 is 0 Å². The van der Waals surface area contributed by atoms with Gasteiger partial charge in [0.05, 0.1) is 16.8 Å². The Morgan fingerprint density at radius 3 is 1.83 bits per heavy atom. The first-order valence-electron chi connectivity index (χ1n) is 11.1. The molecule has 8 heteroatoms. The van der Waals surface area contributed by atoms with E-state index in [9.17, 15) is 19.2 Å². The van der Waals surface area contributed by atoms with Gasteiger partial charge in [0.2, 0.25) is 0 Å². The molecule has 0 aromatic heterocycles. The highest BCUT2D eigenvalue weighted by Crippen LogP contribution is 2.22. The molecule has 3 amide bonds. The average Bonchev–Trinajstić information content (AvgIpc) is 3.14. The van der Waals surface area contributed by atoms with Gasteiger partial charge in [-0.3, -0.25) is 24.1 Å². The molecule has 0 unspecified atom stereocenters. The lowest BCUT2D eigenvalue weighted by Crippen LogP contribution is -2.31. The zero-order valence-electron chi connectivity index (χ0n) is 18.8. The highest BCUT2D eigenvalue weighted by atomic mass is 16.5. The minimum atomic E-state index is -0.605. The molecule has 8 nitrogen and oxygen atoms in total. The largest absolute Gasteiger partial charge is 0.455 e. The maximum atomic E-state index is 12.4. The second-order valence-corrected chi connectivity index (χ2v) is 7.80. The van der Waals surface area contributed by atoms with Crippen LogP contribution < -0.4 is 5.43 Å². The fraction of sp³-hybridized carbons (Fsp3) is 0.148. The van der Waals surface area contributed by atoms with E-state index in [4.69, 9.17) is 4.74 Å². The number of esters is 1. The average molecular weight is 469 g/mol. The van der Waals surface area contributed by atoms with Crippen LogP contribution in [0.15, 0.2) is 90.0 Å². The Kier molecular flexibility index (Phi) is 7.42. The van der Waals surface area contributed by atoms with Crippen LogP contribution >= 0.6 is 0 Å². The third kappa shape index (κ3) is 5.67. The highest BCUT2D eigenvalue weighted by molar-refractivity contribution is 6.21. The lowest BCUT2D eigenvalue weighted by molar-refractivity contribution is -0.148. The van der Waals surface area contributed by atoms with E-state index in [1.165, 1.54) is 0 Å². The van der Waals surface area contributed by atoms with Gasteiger partial charge < -0.3 is 4.74 Å². The van der Waals surface area contributed by atoms with E-state index in [2.05, 4.69) is 10.5 Å². The molecule has 0 atom stereocenters. The second kappa shape index (κ2) is 11.0. The predicted molar refractivity (Wildman–Crippen MR) is 129 cm³/mol. The van der Waals surface area contributed by atoms with Gasteiger partial charge in [0.15, 0.2) is 6.61 Å². The number of hydrogen-bond acceptors (Lipinski definition) is 6. The maximum Gasteiger partial charge on any atom is 0.306 e. The lowest BCUT2D eigenvalue weighted by atomic mass is 10.0. The molecule has 0 aliphatic carbocycles. The summed E-state index contributed by atoms with van der Waals surface area (Å²) < 4.78 is 5.02. The van der Waals surface area contributed by atoms with Crippen molar-refractivity contribution in [1.82, 2.24) is 10.3 Å². The van der Waals surface area contributed by atoms with Crippen molar-refractivity contribution in [3.63, 3.8) is 0 Å². The molecule has 1 aliphatic rings. The Hall–Kier alpha value is -4.59. The molecule has 0 spiro atoms. The Morgan fingerprint density at radius 1 is 0.771 bits per heavy atom. The number of hydrazone groups is 1. The van der Waals surface area contributed by atoms with E-state index in [1.807, 2.05) is 60.7 Å². The molecule has 1 N–H and O–H groups in total. The van der Waals surface area contributed by atoms with Gasteiger partial charge in [-0.05, 0) is 18.6 Å². The zero-order chi connectivity index (χ0) is 24.6. The molecule has 35 heavy (non-hydrogen) atoms. The van der Waals surface area contributed by atoms with Crippen molar-refractivity contribution >= 4 is 29.4 Å². The minimum absolute atomic E-state index is 0.0385. The molecular formula is C27H23N3O5. The van der Waals surface area contributed by atoms with Gasteiger partial charge in [0.1, 0.15) is 0 Å². The maximum absolute atomic E-state index is 12.4. The fourth-order valence-corrected chi connectivity index (χ4v) is 3.68. The number of carbonyl (C=O) groups excluding carboxylic acids is 4. The summed E-state index contributed by atoms with van der Waals surface area (Å²) in [6.07, 6.45) is 0.194. The summed E-state index contributed by atoms with van der Waals surface area (Å²) in [5.41, 5.74) is 5.38. The Labute approximate surface area is 202 Å². The van der Waals surface area contributed by atoms with Crippen LogP contribution in [0, 0.1) is 0 Å². The van der Waals surface area contributed by atoms with Crippen LogP contribution in [0.2, 0.25) is 0 Å². The van der Waals surface area contributed by atoms with Crippen LogP contribution in [-0.4, -0.2) is 47.5 Å². The number of rotatable bonds is 9. The summed E-state index contributed by atoms with van der Waals surface area (Å²) in [6.45, 7) is -0.401. The molecule has 0 saturated heterocycles. The third-order valence-electron chi connectivity index (χ3n) is 5.39. The molecule has 1 aliphatic heterocycles. The molecule has 0 fully saturated rings. The number of ether oxygens (including phenoxy) is 1. The Morgan fingerprint density at radius 2 is 1.29 bits per heavy atom. The first-order chi connectivity index (χ1) is 17.0. The number of benzene rings is 3. The Balaban J connectivity index is 1.25. The van der Waals surface area contributed by atoms with E-state index in [1.54, 1.807) is 24.3 Å². The predicted octanol–water partition coefficient (Wildman–Crippen LogP) is 3.17. The topological polar surface area (TPSA) is 105 Å². The number of carbonyl (C=O) groups is 4. The Bertz CT molecular complexity index is 1200. The molecule has 3 aromatic rings. The fourth-order valence-electron chi connectivity index (χ4n) is 3.68. The van der Waals surface area contributed by atoms with E-state index < -0.39 is 18.5 Å². The van der Waals surface area contributed by atoms with Gasteiger partial charge in [-0.25, -0.2) is 5.43 Å². The molecular weight excluding hydrogens is 446 g/mol.